The minimum atomic E-state index is -0.589. The molecule has 2 nitrogen and oxygen atoms in total. The van der Waals surface area contributed by atoms with Crippen LogP contribution in [-0.2, 0) is 6.61 Å². The zero-order chi connectivity index (χ0) is 13.0. The Balaban J connectivity index is 2.11. The fourth-order valence-electron chi connectivity index (χ4n) is 1.74. The van der Waals surface area contributed by atoms with Crippen LogP contribution in [0.1, 0.15) is 24.2 Å². The van der Waals surface area contributed by atoms with Crippen molar-refractivity contribution in [2.45, 2.75) is 19.6 Å². The van der Waals surface area contributed by atoms with Crippen LogP contribution in [-0.4, -0.2) is 5.11 Å². The number of hydrogen-bond acceptors (Lipinski definition) is 2. The van der Waals surface area contributed by atoms with Gasteiger partial charge in [0.25, 0.3) is 0 Å². The summed E-state index contributed by atoms with van der Waals surface area (Å²) in [6, 6.07) is 13.6. The third-order valence-corrected chi connectivity index (χ3v) is 2.65. The summed E-state index contributed by atoms with van der Waals surface area (Å²) >= 11 is 0. The Morgan fingerprint density at radius 3 is 2.67 bits per heavy atom. The molecule has 0 heterocycles. The first-order valence-corrected chi connectivity index (χ1v) is 5.81. The Morgan fingerprint density at radius 2 is 1.94 bits per heavy atom. The van der Waals surface area contributed by atoms with Crippen LogP contribution in [0.4, 0.5) is 4.39 Å². The first kappa shape index (κ1) is 12.6. The van der Waals surface area contributed by atoms with Gasteiger partial charge in [0, 0.05) is 5.56 Å². The molecule has 2 aromatic carbocycles. The van der Waals surface area contributed by atoms with Crippen molar-refractivity contribution in [1.29, 1.82) is 0 Å². The number of benzene rings is 2. The Labute approximate surface area is 106 Å². The van der Waals surface area contributed by atoms with Crippen LogP contribution in [0.3, 0.4) is 0 Å². The minimum absolute atomic E-state index is 0.278. The summed E-state index contributed by atoms with van der Waals surface area (Å²) in [7, 11) is 0. The molecule has 2 rings (SSSR count). The lowest BCUT2D eigenvalue weighted by molar-refractivity contribution is 0.190. The number of ether oxygens (including phenoxy) is 1. The lowest BCUT2D eigenvalue weighted by Crippen LogP contribution is -2.01. The van der Waals surface area contributed by atoms with Gasteiger partial charge in [0.1, 0.15) is 18.2 Å². The first-order valence-electron chi connectivity index (χ1n) is 5.81. The molecule has 0 aliphatic carbocycles. The summed E-state index contributed by atoms with van der Waals surface area (Å²) in [6.45, 7) is 1.96. The molecule has 1 N–H and O–H groups in total. The van der Waals surface area contributed by atoms with Crippen molar-refractivity contribution >= 4 is 0 Å². The Morgan fingerprint density at radius 1 is 1.17 bits per heavy atom. The number of halogens is 1. The SMILES string of the molecule is CC(O)c1ccccc1OCc1cccc(F)c1. The topological polar surface area (TPSA) is 29.5 Å². The van der Waals surface area contributed by atoms with Crippen molar-refractivity contribution < 1.29 is 14.2 Å². The molecule has 0 saturated heterocycles. The molecule has 0 bridgehead atoms. The van der Waals surface area contributed by atoms with Crippen molar-refractivity contribution in [3.63, 3.8) is 0 Å². The van der Waals surface area contributed by atoms with Gasteiger partial charge in [-0.15, -0.1) is 0 Å². The number of hydrogen-bond donors (Lipinski definition) is 1. The van der Waals surface area contributed by atoms with Gasteiger partial charge >= 0.3 is 0 Å². The van der Waals surface area contributed by atoms with Gasteiger partial charge in [0.05, 0.1) is 6.10 Å². The summed E-state index contributed by atoms with van der Waals surface area (Å²) in [5, 5.41) is 9.61. The second-order valence-electron chi connectivity index (χ2n) is 4.13. The van der Waals surface area contributed by atoms with Gasteiger partial charge in [0.2, 0.25) is 0 Å². The van der Waals surface area contributed by atoms with Gasteiger partial charge in [0.15, 0.2) is 0 Å². The second-order valence-corrected chi connectivity index (χ2v) is 4.13. The van der Waals surface area contributed by atoms with E-state index in [9.17, 15) is 9.50 Å². The van der Waals surface area contributed by atoms with Gasteiger partial charge in [-0.05, 0) is 30.7 Å². The first-order chi connectivity index (χ1) is 8.66. The highest BCUT2D eigenvalue weighted by molar-refractivity contribution is 5.35. The van der Waals surface area contributed by atoms with E-state index in [0.29, 0.717) is 5.75 Å². The summed E-state index contributed by atoms with van der Waals surface area (Å²) < 4.78 is 18.6. The van der Waals surface area contributed by atoms with Crippen LogP contribution in [0, 0.1) is 5.82 Å². The fourth-order valence-corrected chi connectivity index (χ4v) is 1.74. The summed E-state index contributed by atoms with van der Waals surface area (Å²) in [5.41, 5.74) is 1.49. The van der Waals surface area contributed by atoms with E-state index in [4.69, 9.17) is 4.74 Å². The quantitative estimate of drug-likeness (QED) is 0.895. The average molecular weight is 246 g/mol. The van der Waals surface area contributed by atoms with Crippen molar-refractivity contribution in [3.05, 3.63) is 65.5 Å². The number of aliphatic hydroxyl groups excluding tert-OH is 1. The molecule has 18 heavy (non-hydrogen) atoms. The predicted molar refractivity (Wildman–Crippen MR) is 67.8 cm³/mol. The maximum atomic E-state index is 13.0. The molecule has 2 aromatic rings. The van der Waals surface area contributed by atoms with Crippen LogP contribution >= 0.6 is 0 Å². The smallest absolute Gasteiger partial charge is 0.125 e. The van der Waals surface area contributed by atoms with Crippen LogP contribution < -0.4 is 4.74 Å². The van der Waals surface area contributed by atoms with E-state index in [1.807, 2.05) is 18.2 Å². The van der Waals surface area contributed by atoms with E-state index >= 15 is 0 Å². The summed E-state index contributed by atoms with van der Waals surface area (Å²) in [4.78, 5) is 0. The monoisotopic (exact) mass is 246 g/mol. The normalized spacial score (nSPS) is 12.2. The highest BCUT2D eigenvalue weighted by atomic mass is 19.1. The number of aliphatic hydroxyl groups is 1. The maximum Gasteiger partial charge on any atom is 0.125 e. The van der Waals surface area contributed by atoms with E-state index in [1.165, 1.54) is 12.1 Å². The lowest BCUT2D eigenvalue weighted by Gasteiger charge is -2.13. The van der Waals surface area contributed by atoms with Crippen LogP contribution in [0.5, 0.6) is 5.75 Å². The second kappa shape index (κ2) is 5.65. The van der Waals surface area contributed by atoms with Crippen molar-refractivity contribution in [2.75, 3.05) is 0 Å². The van der Waals surface area contributed by atoms with Crippen LogP contribution in [0.2, 0.25) is 0 Å². The molecule has 0 aromatic heterocycles. The molecule has 0 radical (unpaired) electrons. The largest absolute Gasteiger partial charge is 0.489 e. The van der Waals surface area contributed by atoms with E-state index in [2.05, 4.69) is 0 Å². The van der Waals surface area contributed by atoms with Gasteiger partial charge in [-0.3, -0.25) is 0 Å². The van der Waals surface area contributed by atoms with E-state index in [1.54, 1.807) is 25.1 Å². The summed E-state index contributed by atoms with van der Waals surface area (Å²) in [6.07, 6.45) is -0.589. The third-order valence-electron chi connectivity index (χ3n) is 2.65. The fraction of sp³-hybridized carbons (Fsp3) is 0.200. The maximum absolute atomic E-state index is 13.0. The van der Waals surface area contributed by atoms with Gasteiger partial charge in [-0.1, -0.05) is 30.3 Å². The zero-order valence-corrected chi connectivity index (χ0v) is 10.1. The third kappa shape index (κ3) is 3.08. The van der Waals surface area contributed by atoms with Gasteiger partial charge in [-0.2, -0.15) is 0 Å². The molecule has 0 saturated carbocycles. The van der Waals surface area contributed by atoms with Crippen LogP contribution in [0.15, 0.2) is 48.5 Å². The molecule has 0 spiro atoms. The molecule has 1 unspecified atom stereocenters. The summed E-state index contributed by atoms with van der Waals surface area (Å²) in [5.74, 6) is 0.344. The van der Waals surface area contributed by atoms with Crippen molar-refractivity contribution in [2.24, 2.45) is 0 Å². The number of rotatable bonds is 4. The van der Waals surface area contributed by atoms with Crippen LogP contribution in [0.25, 0.3) is 0 Å². The molecule has 0 fully saturated rings. The Bertz CT molecular complexity index is 523. The average Bonchev–Trinajstić information content (AvgIpc) is 2.37. The van der Waals surface area contributed by atoms with Crippen molar-refractivity contribution in [3.8, 4) is 5.75 Å². The van der Waals surface area contributed by atoms with Gasteiger partial charge < -0.3 is 9.84 Å². The molecule has 0 aliphatic rings. The van der Waals surface area contributed by atoms with Gasteiger partial charge in [-0.25, -0.2) is 4.39 Å². The highest BCUT2D eigenvalue weighted by Crippen LogP contribution is 2.25. The molecule has 94 valence electrons. The molecule has 0 aliphatic heterocycles. The molecule has 3 heteroatoms. The van der Waals surface area contributed by atoms with E-state index < -0.39 is 6.10 Å². The number of para-hydroxylation sites is 1. The highest BCUT2D eigenvalue weighted by Gasteiger charge is 2.08. The molecular formula is C15H15FO2. The zero-order valence-electron chi connectivity index (χ0n) is 10.1. The molecule has 0 amide bonds. The van der Waals surface area contributed by atoms with Crippen molar-refractivity contribution in [1.82, 2.24) is 0 Å². The molecular weight excluding hydrogens is 231 g/mol. The standard InChI is InChI=1S/C15H15FO2/c1-11(17)14-7-2-3-8-15(14)18-10-12-5-4-6-13(16)9-12/h2-9,11,17H,10H2,1H3. The minimum Gasteiger partial charge on any atom is -0.489 e. The lowest BCUT2D eigenvalue weighted by atomic mass is 10.1. The Kier molecular flexibility index (Phi) is 3.95. The predicted octanol–water partition coefficient (Wildman–Crippen LogP) is 3.46. The molecule has 1 atom stereocenters. The van der Waals surface area contributed by atoms with E-state index in [0.717, 1.165) is 11.1 Å². The Hall–Kier alpha value is -1.87. The van der Waals surface area contributed by atoms with E-state index in [-0.39, 0.29) is 12.4 Å².